The van der Waals surface area contributed by atoms with Crippen LogP contribution in [0.5, 0.6) is 5.75 Å². The summed E-state index contributed by atoms with van der Waals surface area (Å²) in [4.78, 5) is 12.6. The van der Waals surface area contributed by atoms with E-state index in [0.29, 0.717) is 36.7 Å². The first-order chi connectivity index (χ1) is 11.8. The molecule has 2 saturated carbocycles. The van der Waals surface area contributed by atoms with Gasteiger partial charge >= 0.3 is 6.18 Å². The smallest absolute Gasteiger partial charge is 0.391 e. The summed E-state index contributed by atoms with van der Waals surface area (Å²) in [6.07, 6.45) is -0.929. The molecule has 0 spiro atoms. The van der Waals surface area contributed by atoms with Gasteiger partial charge < -0.3 is 10.1 Å². The molecule has 0 atom stereocenters. The van der Waals surface area contributed by atoms with Gasteiger partial charge in [0.15, 0.2) is 0 Å². The second-order valence-electron chi connectivity index (χ2n) is 7.32. The van der Waals surface area contributed by atoms with Gasteiger partial charge in [0.1, 0.15) is 5.75 Å². The fourth-order valence-corrected chi connectivity index (χ4v) is 3.27. The van der Waals surface area contributed by atoms with Gasteiger partial charge in [0.25, 0.3) is 5.91 Å². The summed E-state index contributed by atoms with van der Waals surface area (Å²) in [6, 6.07) is 5.27. The molecule has 2 fully saturated rings. The number of hydrogen-bond acceptors (Lipinski definition) is 2. The highest BCUT2D eigenvalue weighted by atomic mass is 19.4. The third kappa shape index (κ3) is 4.89. The normalized spacial score (nSPS) is 24.0. The number of hydrogen-bond donors (Lipinski definition) is 1. The number of carbonyl (C=O) groups excluding carboxylic acids is 1. The molecule has 3 nitrogen and oxygen atoms in total. The zero-order valence-electron chi connectivity index (χ0n) is 14.4. The van der Waals surface area contributed by atoms with Crippen molar-refractivity contribution in [3.05, 3.63) is 29.3 Å². The number of rotatable bonds is 5. The number of alkyl halides is 3. The molecule has 1 aromatic carbocycles. The Bertz CT molecular complexity index is 618. The summed E-state index contributed by atoms with van der Waals surface area (Å²) in [5, 5.41) is 2.89. The molecule has 0 unspecified atom stereocenters. The molecule has 1 aromatic rings. The highest BCUT2D eigenvalue weighted by Crippen LogP contribution is 2.37. The molecule has 0 aromatic heterocycles. The molecule has 0 saturated heterocycles. The third-order valence-electron chi connectivity index (χ3n) is 5.08. The van der Waals surface area contributed by atoms with Crippen LogP contribution in [0.1, 0.15) is 54.4 Å². The quantitative estimate of drug-likeness (QED) is 0.836. The number of carbonyl (C=O) groups is 1. The number of halogens is 3. The van der Waals surface area contributed by atoms with Gasteiger partial charge in [0.05, 0.1) is 18.1 Å². The molecule has 0 aliphatic heterocycles. The van der Waals surface area contributed by atoms with Gasteiger partial charge in [0.2, 0.25) is 0 Å². The lowest BCUT2D eigenvalue weighted by molar-refractivity contribution is -0.182. The van der Waals surface area contributed by atoms with Crippen LogP contribution in [-0.2, 0) is 0 Å². The summed E-state index contributed by atoms with van der Waals surface area (Å²) >= 11 is 0. The van der Waals surface area contributed by atoms with Crippen LogP contribution < -0.4 is 10.1 Å². The Labute approximate surface area is 145 Å². The molecular weight excluding hydrogens is 331 g/mol. The van der Waals surface area contributed by atoms with E-state index >= 15 is 0 Å². The molecule has 2 aliphatic carbocycles. The van der Waals surface area contributed by atoms with E-state index in [-0.39, 0.29) is 24.8 Å². The molecule has 138 valence electrons. The van der Waals surface area contributed by atoms with Crippen molar-refractivity contribution in [3.8, 4) is 5.75 Å². The van der Waals surface area contributed by atoms with E-state index in [1.807, 2.05) is 13.0 Å². The minimum Gasteiger partial charge on any atom is -0.492 e. The van der Waals surface area contributed by atoms with Crippen LogP contribution >= 0.6 is 0 Å². The number of nitrogens with one attached hydrogen (secondary N) is 1. The summed E-state index contributed by atoms with van der Waals surface area (Å²) < 4.78 is 44.0. The number of aryl methyl sites for hydroxylation is 1. The third-order valence-corrected chi connectivity index (χ3v) is 5.08. The van der Waals surface area contributed by atoms with E-state index in [4.69, 9.17) is 4.74 Å². The number of ether oxygens (including phenoxy) is 1. The van der Waals surface area contributed by atoms with Gasteiger partial charge in [-0.15, -0.1) is 0 Å². The molecule has 0 radical (unpaired) electrons. The van der Waals surface area contributed by atoms with E-state index in [0.717, 1.165) is 18.4 Å². The van der Waals surface area contributed by atoms with Gasteiger partial charge in [0, 0.05) is 6.04 Å². The topological polar surface area (TPSA) is 38.3 Å². The lowest BCUT2D eigenvalue weighted by Gasteiger charge is -2.30. The first-order valence-electron chi connectivity index (χ1n) is 8.94. The average molecular weight is 355 g/mol. The van der Waals surface area contributed by atoms with Crippen molar-refractivity contribution >= 4 is 5.91 Å². The van der Waals surface area contributed by atoms with Crippen LogP contribution in [-0.4, -0.2) is 24.7 Å². The molecule has 0 heterocycles. The Balaban J connectivity index is 1.60. The summed E-state index contributed by atoms with van der Waals surface area (Å²) in [6.45, 7) is 2.51. The van der Waals surface area contributed by atoms with Gasteiger partial charge in [-0.3, -0.25) is 4.79 Å². The minimum atomic E-state index is -4.13. The molecule has 0 bridgehead atoms. The Morgan fingerprint density at radius 2 is 1.84 bits per heavy atom. The van der Waals surface area contributed by atoms with Crippen molar-refractivity contribution < 1.29 is 22.7 Å². The second kappa shape index (κ2) is 7.26. The Hall–Kier alpha value is -1.72. The zero-order valence-corrected chi connectivity index (χ0v) is 14.4. The molecule has 3 rings (SSSR count). The summed E-state index contributed by atoms with van der Waals surface area (Å²) in [5.41, 5.74) is 1.42. The van der Waals surface area contributed by atoms with Crippen LogP contribution in [0.4, 0.5) is 13.2 Å². The van der Waals surface area contributed by atoms with E-state index in [9.17, 15) is 18.0 Å². The van der Waals surface area contributed by atoms with Crippen molar-refractivity contribution in [1.29, 1.82) is 0 Å². The van der Waals surface area contributed by atoms with Gasteiger partial charge in [-0.25, -0.2) is 0 Å². The summed E-state index contributed by atoms with van der Waals surface area (Å²) in [5.74, 6) is -0.365. The van der Waals surface area contributed by atoms with Gasteiger partial charge in [-0.1, -0.05) is 11.6 Å². The molecule has 1 amide bonds. The first kappa shape index (κ1) is 18.1. The molecule has 1 N–H and O–H groups in total. The van der Waals surface area contributed by atoms with Gasteiger partial charge in [-0.05, 0) is 63.5 Å². The fraction of sp³-hybridized carbons (Fsp3) is 0.632. The second-order valence-corrected chi connectivity index (χ2v) is 7.32. The highest BCUT2D eigenvalue weighted by molar-refractivity contribution is 5.97. The van der Waals surface area contributed by atoms with Gasteiger partial charge in [-0.2, -0.15) is 13.2 Å². The van der Waals surface area contributed by atoms with E-state index in [1.54, 1.807) is 12.1 Å². The molecule has 6 heteroatoms. The Morgan fingerprint density at radius 1 is 1.16 bits per heavy atom. The predicted molar refractivity (Wildman–Crippen MR) is 88.7 cm³/mol. The van der Waals surface area contributed by atoms with Crippen molar-refractivity contribution in [1.82, 2.24) is 5.32 Å². The standard InChI is InChI=1S/C19H24F3NO2/c1-12-2-9-17(25-11-13-3-4-13)16(10-12)18(24)23-15-7-5-14(6-8-15)19(20,21)22/h2,9-10,13-15H,3-8,11H2,1H3,(H,23,24). The number of amides is 1. The first-order valence-corrected chi connectivity index (χ1v) is 8.94. The Morgan fingerprint density at radius 3 is 2.44 bits per heavy atom. The molecule has 2 aliphatic rings. The van der Waals surface area contributed by atoms with Crippen LogP contribution in [0.3, 0.4) is 0 Å². The van der Waals surface area contributed by atoms with Crippen molar-refractivity contribution in [2.24, 2.45) is 11.8 Å². The molecular formula is C19H24F3NO2. The largest absolute Gasteiger partial charge is 0.492 e. The van der Waals surface area contributed by atoms with Crippen LogP contribution in [0, 0.1) is 18.8 Å². The van der Waals surface area contributed by atoms with Crippen LogP contribution in [0.15, 0.2) is 18.2 Å². The maximum Gasteiger partial charge on any atom is 0.391 e. The lowest BCUT2D eigenvalue weighted by Crippen LogP contribution is -2.40. The van der Waals surface area contributed by atoms with E-state index < -0.39 is 12.1 Å². The van der Waals surface area contributed by atoms with Crippen LogP contribution in [0.2, 0.25) is 0 Å². The minimum absolute atomic E-state index is 0.0767. The molecule has 25 heavy (non-hydrogen) atoms. The predicted octanol–water partition coefficient (Wildman–Crippen LogP) is 4.63. The highest BCUT2D eigenvalue weighted by Gasteiger charge is 2.41. The van der Waals surface area contributed by atoms with Crippen molar-refractivity contribution in [3.63, 3.8) is 0 Å². The van der Waals surface area contributed by atoms with E-state index in [2.05, 4.69) is 5.32 Å². The van der Waals surface area contributed by atoms with Crippen molar-refractivity contribution in [2.45, 2.75) is 57.7 Å². The van der Waals surface area contributed by atoms with Crippen LogP contribution in [0.25, 0.3) is 0 Å². The lowest BCUT2D eigenvalue weighted by atomic mass is 9.85. The summed E-state index contributed by atoms with van der Waals surface area (Å²) in [7, 11) is 0. The SMILES string of the molecule is Cc1ccc(OCC2CC2)c(C(=O)NC2CCC(C(F)(F)F)CC2)c1. The number of benzene rings is 1. The zero-order chi connectivity index (χ0) is 18.0. The average Bonchev–Trinajstić information content (AvgIpc) is 3.37. The Kier molecular flexibility index (Phi) is 5.25. The monoisotopic (exact) mass is 355 g/mol. The van der Waals surface area contributed by atoms with E-state index in [1.165, 1.54) is 0 Å². The maximum absolute atomic E-state index is 12.7. The fourth-order valence-electron chi connectivity index (χ4n) is 3.27. The maximum atomic E-state index is 12.7. The van der Waals surface area contributed by atoms with Crippen molar-refractivity contribution in [2.75, 3.05) is 6.61 Å².